The molecule has 1 aliphatic rings. The van der Waals surface area contributed by atoms with Crippen LogP contribution in [0, 0.1) is 12.8 Å². The van der Waals surface area contributed by atoms with E-state index in [1.807, 2.05) is 0 Å². The first-order valence-electron chi connectivity index (χ1n) is 5.45. The van der Waals surface area contributed by atoms with E-state index in [1.54, 1.807) is 6.92 Å². The molecule has 0 aromatic carbocycles. The summed E-state index contributed by atoms with van der Waals surface area (Å²) < 4.78 is 6.64. The lowest BCUT2D eigenvalue weighted by Gasteiger charge is -2.17. The molecule has 2 unspecified atom stereocenters. The summed E-state index contributed by atoms with van der Waals surface area (Å²) in [5.74, 6) is 0.133. The smallest absolute Gasteiger partial charge is 0.253 e. The summed E-state index contributed by atoms with van der Waals surface area (Å²) >= 11 is 0. The maximum Gasteiger partial charge on any atom is 0.253 e. The Kier molecular flexibility index (Phi) is 3.36. The second kappa shape index (κ2) is 4.76. The number of hydrogen-bond donors (Lipinski definition) is 1. The van der Waals surface area contributed by atoms with Crippen LogP contribution in [0.1, 0.15) is 12.1 Å². The van der Waals surface area contributed by atoms with E-state index >= 15 is 0 Å². The van der Waals surface area contributed by atoms with Crippen molar-refractivity contribution in [2.24, 2.45) is 5.92 Å². The molecule has 2 heterocycles. The van der Waals surface area contributed by atoms with Crippen molar-refractivity contribution in [1.82, 2.24) is 9.55 Å². The van der Waals surface area contributed by atoms with Crippen LogP contribution in [-0.4, -0.2) is 34.0 Å². The van der Waals surface area contributed by atoms with E-state index in [9.17, 15) is 9.90 Å². The average Bonchev–Trinajstić information content (AvgIpc) is 2.75. The maximum atomic E-state index is 11.6. The Hall–Kier alpha value is -1.20. The fourth-order valence-electron chi connectivity index (χ4n) is 1.86. The number of aliphatic hydroxyl groups is 1. The van der Waals surface area contributed by atoms with Crippen molar-refractivity contribution in [3.05, 3.63) is 28.4 Å². The zero-order valence-corrected chi connectivity index (χ0v) is 9.30. The average molecular weight is 224 g/mol. The van der Waals surface area contributed by atoms with Crippen LogP contribution >= 0.6 is 0 Å². The molecule has 0 radical (unpaired) electrons. The van der Waals surface area contributed by atoms with Crippen LogP contribution in [0.3, 0.4) is 0 Å². The van der Waals surface area contributed by atoms with Gasteiger partial charge >= 0.3 is 0 Å². The highest BCUT2D eigenvalue weighted by Gasteiger charge is 2.24. The number of rotatable bonds is 3. The number of aromatic nitrogens is 2. The Morgan fingerprint density at radius 3 is 3.19 bits per heavy atom. The van der Waals surface area contributed by atoms with E-state index in [2.05, 4.69) is 4.98 Å². The quantitative estimate of drug-likeness (QED) is 0.781. The Labute approximate surface area is 93.7 Å². The number of aliphatic hydroxyl groups excluding tert-OH is 1. The van der Waals surface area contributed by atoms with Gasteiger partial charge in [-0.3, -0.25) is 9.36 Å². The lowest BCUT2D eigenvalue weighted by atomic mass is 10.0. The highest BCUT2D eigenvalue weighted by Crippen LogP contribution is 2.17. The fraction of sp³-hybridized carbons (Fsp3) is 0.636. The van der Waals surface area contributed by atoms with Gasteiger partial charge in [-0.2, -0.15) is 0 Å². The summed E-state index contributed by atoms with van der Waals surface area (Å²) in [6.07, 6.45) is 1.80. The summed E-state index contributed by atoms with van der Waals surface area (Å²) in [6.45, 7) is 3.34. The molecule has 1 saturated heterocycles. The topological polar surface area (TPSA) is 64.4 Å². The molecule has 5 nitrogen and oxygen atoms in total. The molecule has 2 rings (SSSR count). The molecule has 0 saturated carbocycles. The van der Waals surface area contributed by atoms with Gasteiger partial charge in [-0.15, -0.1) is 0 Å². The first-order valence-corrected chi connectivity index (χ1v) is 5.45. The van der Waals surface area contributed by atoms with Crippen molar-refractivity contribution in [2.75, 3.05) is 13.2 Å². The summed E-state index contributed by atoms with van der Waals surface area (Å²) in [7, 11) is 0. The molecule has 1 aromatic heterocycles. The minimum absolute atomic E-state index is 0.120. The lowest BCUT2D eigenvalue weighted by molar-refractivity contribution is 0.0766. The predicted molar refractivity (Wildman–Crippen MR) is 58.2 cm³/mol. The predicted octanol–water partition coefficient (Wildman–Crippen LogP) is -0.0509. The van der Waals surface area contributed by atoms with Crippen molar-refractivity contribution in [1.29, 1.82) is 0 Å². The van der Waals surface area contributed by atoms with E-state index in [0.717, 1.165) is 6.42 Å². The van der Waals surface area contributed by atoms with Crippen molar-refractivity contribution in [2.45, 2.75) is 26.0 Å². The molecule has 0 aliphatic carbocycles. The third-order valence-corrected chi connectivity index (χ3v) is 2.91. The second-order valence-electron chi connectivity index (χ2n) is 4.21. The molecule has 88 valence electrons. The van der Waals surface area contributed by atoms with Crippen molar-refractivity contribution >= 4 is 0 Å². The molecule has 0 spiro atoms. The monoisotopic (exact) mass is 224 g/mol. The first kappa shape index (κ1) is 11.3. The first-order chi connectivity index (χ1) is 7.66. The van der Waals surface area contributed by atoms with Gasteiger partial charge in [0.05, 0.1) is 25.6 Å². The minimum atomic E-state index is -0.537. The highest BCUT2D eigenvalue weighted by molar-refractivity contribution is 4.96. The number of ether oxygens (including phenoxy) is 1. The van der Waals surface area contributed by atoms with E-state index in [0.29, 0.717) is 25.5 Å². The zero-order valence-electron chi connectivity index (χ0n) is 9.30. The van der Waals surface area contributed by atoms with Crippen LogP contribution in [0.5, 0.6) is 0 Å². The number of hydrogen-bond acceptors (Lipinski definition) is 4. The molecular formula is C11H16N2O3. The summed E-state index contributed by atoms with van der Waals surface area (Å²) in [5, 5.41) is 9.93. The van der Waals surface area contributed by atoms with Crippen LogP contribution in [0.2, 0.25) is 0 Å². The molecule has 0 amide bonds. The molecule has 16 heavy (non-hydrogen) atoms. The van der Waals surface area contributed by atoms with Gasteiger partial charge in [-0.05, 0) is 13.3 Å². The van der Waals surface area contributed by atoms with Crippen LogP contribution in [-0.2, 0) is 11.3 Å². The van der Waals surface area contributed by atoms with Crippen LogP contribution in [0.25, 0.3) is 0 Å². The van der Waals surface area contributed by atoms with Crippen LogP contribution < -0.4 is 5.56 Å². The van der Waals surface area contributed by atoms with Gasteiger partial charge in [0, 0.05) is 24.3 Å². The van der Waals surface area contributed by atoms with Crippen LogP contribution in [0.4, 0.5) is 0 Å². The van der Waals surface area contributed by atoms with E-state index in [-0.39, 0.29) is 11.5 Å². The zero-order chi connectivity index (χ0) is 11.5. The highest BCUT2D eigenvalue weighted by atomic mass is 16.5. The van der Waals surface area contributed by atoms with Gasteiger partial charge in [0.15, 0.2) is 0 Å². The summed E-state index contributed by atoms with van der Waals surface area (Å²) in [6, 6.07) is 1.47. The second-order valence-corrected chi connectivity index (χ2v) is 4.21. The van der Waals surface area contributed by atoms with Gasteiger partial charge in [-0.25, -0.2) is 4.98 Å². The summed E-state index contributed by atoms with van der Waals surface area (Å²) in [4.78, 5) is 15.6. The molecule has 1 N–H and O–H groups in total. The molecule has 0 bridgehead atoms. The lowest BCUT2D eigenvalue weighted by Crippen LogP contribution is -2.31. The molecule has 1 aromatic rings. The Balaban J connectivity index is 2.05. The number of aryl methyl sites for hydroxylation is 1. The largest absolute Gasteiger partial charge is 0.391 e. The minimum Gasteiger partial charge on any atom is -0.391 e. The Morgan fingerprint density at radius 1 is 1.75 bits per heavy atom. The molecular weight excluding hydrogens is 208 g/mol. The van der Waals surface area contributed by atoms with Crippen molar-refractivity contribution in [3.8, 4) is 0 Å². The van der Waals surface area contributed by atoms with Crippen molar-refractivity contribution < 1.29 is 9.84 Å². The Bertz CT molecular complexity index is 410. The summed E-state index contributed by atoms with van der Waals surface area (Å²) in [5.41, 5.74) is 0.574. The van der Waals surface area contributed by atoms with Gasteiger partial charge in [0.2, 0.25) is 0 Å². The third kappa shape index (κ3) is 2.48. The molecule has 5 heteroatoms. The Morgan fingerprint density at radius 2 is 2.56 bits per heavy atom. The molecule has 1 aliphatic heterocycles. The standard InChI is InChI=1S/C11H16N2O3/c1-8-4-11(15)13(7-12-8)5-10(14)9-2-3-16-6-9/h4,7,9-10,14H,2-3,5-6H2,1H3. The number of nitrogens with zero attached hydrogens (tertiary/aromatic N) is 2. The van der Waals surface area contributed by atoms with E-state index < -0.39 is 6.10 Å². The fourth-order valence-corrected chi connectivity index (χ4v) is 1.86. The van der Waals surface area contributed by atoms with Crippen molar-refractivity contribution in [3.63, 3.8) is 0 Å². The van der Waals surface area contributed by atoms with Gasteiger partial charge < -0.3 is 9.84 Å². The van der Waals surface area contributed by atoms with Crippen LogP contribution in [0.15, 0.2) is 17.2 Å². The normalized spacial score (nSPS) is 22.2. The SMILES string of the molecule is Cc1cc(=O)n(CC(O)C2CCOC2)cn1. The molecule has 2 atom stereocenters. The van der Waals surface area contributed by atoms with Gasteiger partial charge in [0.1, 0.15) is 0 Å². The third-order valence-electron chi connectivity index (χ3n) is 2.91. The van der Waals surface area contributed by atoms with Gasteiger partial charge in [0.25, 0.3) is 5.56 Å². The molecule has 1 fully saturated rings. The van der Waals surface area contributed by atoms with E-state index in [1.165, 1.54) is 17.0 Å². The van der Waals surface area contributed by atoms with E-state index in [4.69, 9.17) is 4.74 Å². The van der Waals surface area contributed by atoms with Gasteiger partial charge in [-0.1, -0.05) is 0 Å². The maximum absolute atomic E-state index is 11.6.